The number of benzene rings is 3. The van der Waals surface area contributed by atoms with Crippen molar-refractivity contribution in [1.29, 1.82) is 0 Å². The Morgan fingerprint density at radius 2 is 1.84 bits per heavy atom. The van der Waals surface area contributed by atoms with E-state index < -0.39 is 5.91 Å². The number of hydrogen-bond acceptors (Lipinski definition) is 5. The van der Waals surface area contributed by atoms with Crippen LogP contribution in [0, 0.1) is 0 Å². The van der Waals surface area contributed by atoms with E-state index in [1.54, 1.807) is 42.5 Å². The van der Waals surface area contributed by atoms with Gasteiger partial charge in [-0.05, 0) is 60.5 Å². The van der Waals surface area contributed by atoms with Crippen molar-refractivity contribution in [2.75, 3.05) is 6.61 Å². The van der Waals surface area contributed by atoms with E-state index in [0.717, 1.165) is 5.56 Å². The van der Waals surface area contributed by atoms with Crippen LogP contribution in [-0.4, -0.2) is 23.8 Å². The van der Waals surface area contributed by atoms with Gasteiger partial charge in [0.1, 0.15) is 12.4 Å². The summed E-state index contributed by atoms with van der Waals surface area (Å²) in [7, 11) is 0. The number of phenols is 1. The first-order valence-electron chi connectivity index (χ1n) is 9.43. The average molecular weight is 459 g/mol. The molecule has 0 unspecified atom stereocenters. The zero-order chi connectivity index (χ0) is 22.2. The van der Waals surface area contributed by atoms with Crippen molar-refractivity contribution in [3.63, 3.8) is 0 Å². The number of nitrogens with zero attached hydrogens (tertiary/aromatic N) is 1. The van der Waals surface area contributed by atoms with Crippen LogP contribution in [0.3, 0.4) is 0 Å². The fourth-order valence-corrected chi connectivity index (χ4v) is 3.00. The molecule has 0 heterocycles. The lowest BCUT2D eigenvalue weighted by atomic mass is 10.2. The molecule has 0 spiro atoms. The molecule has 1 amide bonds. The summed E-state index contributed by atoms with van der Waals surface area (Å²) in [5, 5.41) is 14.6. The van der Waals surface area contributed by atoms with E-state index in [1.807, 2.05) is 13.0 Å². The number of carbonyl (C=O) groups excluding carboxylic acids is 1. The van der Waals surface area contributed by atoms with Crippen molar-refractivity contribution >= 4 is 35.3 Å². The third kappa shape index (κ3) is 6.13. The smallest absolute Gasteiger partial charge is 0.275 e. The molecule has 0 aliphatic rings. The van der Waals surface area contributed by atoms with Gasteiger partial charge in [-0.15, -0.1) is 0 Å². The Labute approximate surface area is 190 Å². The van der Waals surface area contributed by atoms with Gasteiger partial charge in [-0.2, -0.15) is 5.10 Å². The fourth-order valence-electron chi connectivity index (χ4n) is 2.67. The van der Waals surface area contributed by atoms with Gasteiger partial charge in [-0.3, -0.25) is 4.79 Å². The fraction of sp³-hybridized carbons (Fsp3) is 0.130. The molecule has 6 nitrogen and oxygen atoms in total. The van der Waals surface area contributed by atoms with Crippen LogP contribution in [0.15, 0.2) is 65.8 Å². The van der Waals surface area contributed by atoms with Gasteiger partial charge < -0.3 is 14.6 Å². The number of aromatic hydroxyl groups is 1. The Balaban J connectivity index is 1.67. The molecule has 0 saturated carbocycles. The maximum atomic E-state index is 12.1. The summed E-state index contributed by atoms with van der Waals surface area (Å²) < 4.78 is 11.5. The molecule has 0 aromatic heterocycles. The SMILES string of the molecule is CCOc1cc(/C=N\NC(=O)c2ccccc2O)ccc1OCc1ccc(Cl)c(Cl)c1. The Hall–Kier alpha value is -3.22. The number of nitrogens with one attached hydrogen (secondary N) is 1. The zero-order valence-corrected chi connectivity index (χ0v) is 18.2. The van der Waals surface area contributed by atoms with Crippen LogP contribution in [0.2, 0.25) is 10.0 Å². The lowest BCUT2D eigenvalue weighted by Gasteiger charge is -2.13. The van der Waals surface area contributed by atoms with Crippen LogP contribution in [0.1, 0.15) is 28.4 Å². The molecule has 2 N–H and O–H groups in total. The molecular weight excluding hydrogens is 439 g/mol. The molecule has 0 saturated heterocycles. The molecule has 3 aromatic carbocycles. The van der Waals surface area contributed by atoms with Gasteiger partial charge in [0.2, 0.25) is 0 Å². The van der Waals surface area contributed by atoms with E-state index in [1.165, 1.54) is 18.3 Å². The number of carbonyl (C=O) groups is 1. The highest BCUT2D eigenvalue weighted by Crippen LogP contribution is 2.30. The second-order valence-electron chi connectivity index (χ2n) is 6.39. The Morgan fingerprint density at radius 3 is 2.58 bits per heavy atom. The summed E-state index contributed by atoms with van der Waals surface area (Å²) in [6.07, 6.45) is 1.48. The molecule has 31 heavy (non-hydrogen) atoms. The monoisotopic (exact) mass is 458 g/mol. The van der Waals surface area contributed by atoms with Gasteiger partial charge in [0.05, 0.1) is 28.4 Å². The number of hydrazone groups is 1. The Kier molecular flexibility index (Phi) is 7.76. The molecule has 3 aromatic rings. The third-order valence-electron chi connectivity index (χ3n) is 4.17. The van der Waals surface area contributed by atoms with Gasteiger partial charge in [0.15, 0.2) is 11.5 Å². The molecule has 0 aliphatic carbocycles. The number of rotatable bonds is 8. The quantitative estimate of drug-likeness (QED) is 0.347. The van der Waals surface area contributed by atoms with Gasteiger partial charge in [0, 0.05) is 0 Å². The first-order valence-corrected chi connectivity index (χ1v) is 10.2. The molecule has 0 radical (unpaired) electrons. The number of para-hydroxylation sites is 1. The predicted molar refractivity (Wildman–Crippen MR) is 122 cm³/mol. The second kappa shape index (κ2) is 10.7. The minimum Gasteiger partial charge on any atom is -0.507 e. The summed E-state index contributed by atoms with van der Waals surface area (Å²) in [6.45, 7) is 2.62. The molecule has 0 fully saturated rings. The van der Waals surface area contributed by atoms with Crippen molar-refractivity contribution in [3.8, 4) is 17.2 Å². The lowest BCUT2D eigenvalue weighted by Crippen LogP contribution is -2.17. The number of ether oxygens (including phenoxy) is 2. The number of phenolic OH excluding ortho intramolecular Hbond substituents is 1. The summed E-state index contributed by atoms with van der Waals surface area (Å²) in [5.74, 6) is 0.472. The summed E-state index contributed by atoms with van der Waals surface area (Å²) in [5.41, 5.74) is 4.09. The van der Waals surface area contributed by atoms with Crippen LogP contribution < -0.4 is 14.9 Å². The minimum absolute atomic E-state index is 0.114. The van der Waals surface area contributed by atoms with E-state index in [-0.39, 0.29) is 11.3 Å². The first-order chi connectivity index (χ1) is 15.0. The van der Waals surface area contributed by atoms with Crippen LogP contribution in [0.4, 0.5) is 0 Å². The zero-order valence-electron chi connectivity index (χ0n) is 16.6. The topological polar surface area (TPSA) is 80.2 Å². The van der Waals surface area contributed by atoms with Crippen LogP contribution >= 0.6 is 23.2 Å². The normalized spacial score (nSPS) is 10.8. The summed E-state index contributed by atoms with van der Waals surface area (Å²) >= 11 is 12.0. The molecule has 3 rings (SSSR count). The maximum Gasteiger partial charge on any atom is 0.275 e. The van der Waals surface area contributed by atoms with Gasteiger partial charge in [-0.25, -0.2) is 5.43 Å². The standard InChI is InChI=1S/C23H20Cl2N2O4/c1-2-30-22-12-15(13-26-27-23(29)17-5-3-4-6-20(17)28)8-10-21(22)31-14-16-7-9-18(24)19(25)11-16/h3-13,28H,2,14H2,1H3,(H,27,29)/b26-13-. The maximum absolute atomic E-state index is 12.1. The van der Waals surface area contributed by atoms with E-state index in [4.69, 9.17) is 32.7 Å². The van der Waals surface area contributed by atoms with E-state index in [2.05, 4.69) is 10.5 Å². The van der Waals surface area contributed by atoms with Gasteiger partial charge in [0.25, 0.3) is 5.91 Å². The van der Waals surface area contributed by atoms with Crippen LogP contribution in [-0.2, 0) is 6.61 Å². The van der Waals surface area contributed by atoms with Gasteiger partial charge >= 0.3 is 0 Å². The van der Waals surface area contributed by atoms with Crippen molar-refractivity contribution in [3.05, 3.63) is 87.4 Å². The highest BCUT2D eigenvalue weighted by Gasteiger charge is 2.10. The summed E-state index contributed by atoms with van der Waals surface area (Å²) in [4.78, 5) is 12.1. The second-order valence-corrected chi connectivity index (χ2v) is 7.21. The van der Waals surface area contributed by atoms with Crippen LogP contribution in [0.25, 0.3) is 0 Å². The molecule has 0 atom stereocenters. The first kappa shape index (κ1) is 22.5. The number of amides is 1. The average Bonchev–Trinajstić information content (AvgIpc) is 2.76. The molecule has 8 heteroatoms. The van der Waals surface area contributed by atoms with Crippen molar-refractivity contribution in [1.82, 2.24) is 5.43 Å². The van der Waals surface area contributed by atoms with Crippen molar-refractivity contribution in [2.45, 2.75) is 13.5 Å². The molecule has 160 valence electrons. The highest BCUT2D eigenvalue weighted by molar-refractivity contribution is 6.42. The van der Waals surface area contributed by atoms with E-state index >= 15 is 0 Å². The summed E-state index contributed by atoms with van der Waals surface area (Å²) in [6, 6.07) is 16.8. The van der Waals surface area contributed by atoms with Crippen LogP contribution in [0.5, 0.6) is 17.2 Å². The van der Waals surface area contributed by atoms with Crippen molar-refractivity contribution < 1.29 is 19.4 Å². The predicted octanol–water partition coefficient (Wildman–Crippen LogP) is 5.44. The Bertz CT molecular complexity index is 1100. The minimum atomic E-state index is -0.513. The molecular formula is C23H20Cl2N2O4. The number of hydrogen-bond donors (Lipinski definition) is 2. The van der Waals surface area contributed by atoms with Gasteiger partial charge in [-0.1, -0.05) is 41.4 Å². The Morgan fingerprint density at radius 1 is 1.03 bits per heavy atom. The largest absolute Gasteiger partial charge is 0.507 e. The molecule has 0 aliphatic heterocycles. The molecule has 0 bridgehead atoms. The number of halogens is 2. The van der Waals surface area contributed by atoms with E-state index in [9.17, 15) is 9.90 Å². The lowest BCUT2D eigenvalue weighted by molar-refractivity contribution is 0.0952. The third-order valence-corrected chi connectivity index (χ3v) is 4.91. The van der Waals surface area contributed by atoms with Crippen molar-refractivity contribution in [2.24, 2.45) is 5.10 Å². The van der Waals surface area contributed by atoms with E-state index in [0.29, 0.717) is 40.3 Å². The highest BCUT2D eigenvalue weighted by atomic mass is 35.5.